The second-order valence-electron chi connectivity index (χ2n) is 7.26. The van der Waals surface area contributed by atoms with E-state index in [1.54, 1.807) is 17.0 Å². The molecule has 2 N–H and O–H groups in total. The molecule has 2 atom stereocenters. The van der Waals surface area contributed by atoms with E-state index in [1.165, 1.54) is 0 Å². The molecule has 7 nitrogen and oxygen atoms in total. The van der Waals surface area contributed by atoms with E-state index in [1.807, 2.05) is 39.0 Å². The molecular weight excluding hydrogens is 356 g/mol. The predicted molar refractivity (Wildman–Crippen MR) is 109 cm³/mol. The van der Waals surface area contributed by atoms with Crippen LogP contribution in [0.5, 0.6) is 0 Å². The zero-order chi connectivity index (χ0) is 20.5. The Morgan fingerprint density at radius 3 is 2.25 bits per heavy atom. The van der Waals surface area contributed by atoms with E-state index in [0.717, 1.165) is 6.42 Å². The van der Waals surface area contributed by atoms with E-state index in [9.17, 15) is 14.4 Å². The van der Waals surface area contributed by atoms with Gasteiger partial charge < -0.3 is 15.5 Å². The number of hydrogen-bond acceptors (Lipinski definition) is 4. The highest BCUT2D eigenvalue weighted by molar-refractivity contribution is 5.97. The number of rotatable bonds is 8. The number of hydrogen-bond donors (Lipinski definition) is 2. The maximum Gasteiger partial charge on any atom is 0.251 e. The summed E-state index contributed by atoms with van der Waals surface area (Å²) in [5.74, 6) is -0.228. The molecular formula is C21H32N4O3. The van der Waals surface area contributed by atoms with Gasteiger partial charge in [0.15, 0.2) is 0 Å². The number of nitrogens with zero attached hydrogens (tertiary/aromatic N) is 2. The summed E-state index contributed by atoms with van der Waals surface area (Å²) in [5.41, 5.74) is 0.551. The molecule has 1 fully saturated rings. The summed E-state index contributed by atoms with van der Waals surface area (Å²) in [7, 11) is 0. The number of carbonyl (C=O) groups is 3. The van der Waals surface area contributed by atoms with Gasteiger partial charge in [-0.2, -0.15) is 0 Å². The van der Waals surface area contributed by atoms with Gasteiger partial charge in [-0.3, -0.25) is 19.3 Å². The summed E-state index contributed by atoms with van der Waals surface area (Å²) in [5, 5.41) is 5.73. The van der Waals surface area contributed by atoms with E-state index in [4.69, 9.17) is 0 Å². The zero-order valence-electron chi connectivity index (χ0n) is 17.1. The van der Waals surface area contributed by atoms with Crippen LogP contribution in [0.25, 0.3) is 0 Å². The van der Waals surface area contributed by atoms with Gasteiger partial charge in [-0.25, -0.2) is 0 Å². The minimum Gasteiger partial charge on any atom is -0.355 e. The summed E-state index contributed by atoms with van der Waals surface area (Å²) in [6.07, 6.45) is 0.794. The quantitative estimate of drug-likeness (QED) is 0.699. The Balaban J connectivity index is 1.96. The zero-order valence-corrected chi connectivity index (χ0v) is 17.1. The molecule has 1 aliphatic heterocycles. The SMILES string of the molecule is CCNC(=O)CN1CCN(C(=O)C(NC(=O)c2ccccc2)C(C)CC)CC1. The van der Waals surface area contributed by atoms with Crippen LogP contribution in [0.3, 0.4) is 0 Å². The van der Waals surface area contributed by atoms with Gasteiger partial charge >= 0.3 is 0 Å². The molecule has 0 bridgehead atoms. The lowest BCUT2D eigenvalue weighted by Gasteiger charge is -2.37. The van der Waals surface area contributed by atoms with Crippen LogP contribution in [-0.4, -0.2) is 72.8 Å². The largest absolute Gasteiger partial charge is 0.355 e. The van der Waals surface area contributed by atoms with Crippen molar-refractivity contribution in [3.8, 4) is 0 Å². The molecule has 1 aliphatic rings. The van der Waals surface area contributed by atoms with Gasteiger partial charge in [0, 0.05) is 38.3 Å². The average Bonchev–Trinajstić information content (AvgIpc) is 2.72. The van der Waals surface area contributed by atoms with Crippen molar-refractivity contribution in [2.45, 2.75) is 33.2 Å². The molecule has 0 aliphatic carbocycles. The second kappa shape index (κ2) is 10.8. The fraction of sp³-hybridized carbons (Fsp3) is 0.571. The average molecular weight is 389 g/mol. The normalized spacial score (nSPS) is 16.9. The minimum atomic E-state index is -0.548. The van der Waals surface area contributed by atoms with Crippen molar-refractivity contribution in [3.63, 3.8) is 0 Å². The van der Waals surface area contributed by atoms with Crippen LogP contribution in [0.1, 0.15) is 37.6 Å². The lowest BCUT2D eigenvalue weighted by atomic mass is 9.97. The number of benzene rings is 1. The summed E-state index contributed by atoms with van der Waals surface area (Å²) in [6, 6.07) is 8.41. The third-order valence-corrected chi connectivity index (χ3v) is 5.23. The fourth-order valence-corrected chi connectivity index (χ4v) is 3.28. The fourth-order valence-electron chi connectivity index (χ4n) is 3.28. The predicted octanol–water partition coefficient (Wildman–Crippen LogP) is 1.11. The molecule has 0 aromatic heterocycles. The number of amides is 3. The van der Waals surface area contributed by atoms with Gasteiger partial charge in [0.1, 0.15) is 6.04 Å². The number of carbonyl (C=O) groups excluding carboxylic acids is 3. The van der Waals surface area contributed by atoms with Crippen LogP contribution in [0.2, 0.25) is 0 Å². The van der Waals surface area contributed by atoms with E-state index in [0.29, 0.717) is 44.8 Å². The van der Waals surface area contributed by atoms with Crippen molar-refractivity contribution in [2.24, 2.45) is 5.92 Å². The molecule has 0 radical (unpaired) electrons. The molecule has 154 valence electrons. The Morgan fingerprint density at radius 2 is 1.68 bits per heavy atom. The van der Waals surface area contributed by atoms with Crippen LogP contribution >= 0.6 is 0 Å². The van der Waals surface area contributed by atoms with Crippen molar-refractivity contribution in [3.05, 3.63) is 35.9 Å². The Kier molecular flexibility index (Phi) is 8.44. The summed E-state index contributed by atoms with van der Waals surface area (Å²) in [4.78, 5) is 41.3. The summed E-state index contributed by atoms with van der Waals surface area (Å²) in [6.45, 7) is 9.31. The first-order valence-corrected chi connectivity index (χ1v) is 10.1. The van der Waals surface area contributed by atoms with Gasteiger partial charge in [-0.05, 0) is 25.0 Å². The van der Waals surface area contributed by atoms with Gasteiger partial charge in [0.05, 0.1) is 6.54 Å². The number of piperazine rings is 1. The maximum absolute atomic E-state index is 13.1. The van der Waals surface area contributed by atoms with E-state index >= 15 is 0 Å². The highest BCUT2D eigenvalue weighted by Gasteiger charge is 2.32. The molecule has 1 aromatic rings. The minimum absolute atomic E-state index is 0.00915. The van der Waals surface area contributed by atoms with Crippen LogP contribution < -0.4 is 10.6 Å². The van der Waals surface area contributed by atoms with E-state index in [-0.39, 0.29) is 23.6 Å². The summed E-state index contributed by atoms with van der Waals surface area (Å²) < 4.78 is 0. The molecule has 1 heterocycles. The molecule has 3 amide bonds. The van der Waals surface area contributed by atoms with Crippen molar-refractivity contribution < 1.29 is 14.4 Å². The molecule has 1 aromatic carbocycles. The number of nitrogens with one attached hydrogen (secondary N) is 2. The van der Waals surface area contributed by atoms with E-state index in [2.05, 4.69) is 15.5 Å². The van der Waals surface area contributed by atoms with Crippen LogP contribution in [-0.2, 0) is 9.59 Å². The molecule has 2 unspecified atom stereocenters. The standard InChI is InChI=1S/C21H32N4O3/c1-4-16(3)19(23-20(27)17-9-7-6-8-10-17)21(28)25-13-11-24(12-14-25)15-18(26)22-5-2/h6-10,16,19H,4-5,11-15H2,1-3H3,(H,22,26)(H,23,27). The maximum atomic E-state index is 13.1. The van der Waals surface area contributed by atoms with Gasteiger partial charge in [-0.1, -0.05) is 38.5 Å². The monoisotopic (exact) mass is 388 g/mol. The van der Waals surface area contributed by atoms with Crippen LogP contribution in [0.4, 0.5) is 0 Å². The van der Waals surface area contributed by atoms with Crippen molar-refractivity contribution in [1.82, 2.24) is 20.4 Å². The molecule has 2 rings (SSSR count). The van der Waals surface area contributed by atoms with Crippen molar-refractivity contribution >= 4 is 17.7 Å². The lowest BCUT2D eigenvalue weighted by molar-refractivity contribution is -0.136. The first-order chi connectivity index (χ1) is 13.5. The Hall–Kier alpha value is -2.41. The third-order valence-electron chi connectivity index (χ3n) is 5.23. The third kappa shape index (κ3) is 6.05. The second-order valence-corrected chi connectivity index (χ2v) is 7.26. The lowest BCUT2D eigenvalue weighted by Crippen LogP contribution is -2.57. The van der Waals surface area contributed by atoms with Crippen LogP contribution in [0.15, 0.2) is 30.3 Å². The summed E-state index contributed by atoms with van der Waals surface area (Å²) >= 11 is 0. The van der Waals surface area contributed by atoms with Crippen LogP contribution in [0, 0.1) is 5.92 Å². The van der Waals surface area contributed by atoms with Crippen molar-refractivity contribution in [2.75, 3.05) is 39.3 Å². The topological polar surface area (TPSA) is 81.8 Å². The first-order valence-electron chi connectivity index (χ1n) is 10.1. The Morgan fingerprint density at radius 1 is 1.04 bits per heavy atom. The first kappa shape index (κ1) is 21.9. The molecule has 0 spiro atoms. The van der Waals surface area contributed by atoms with Crippen molar-refractivity contribution in [1.29, 1.82) is 0 Å². The van der Waals surface area contributed by atoms with Gasteiger partial charge in [0.2, 0.25) is 11.8 Å². The Labute approximate surface area is 167 Å². The Bertz CT molecular complexity index is 657. The molecule has 1 saturated heterocycles. The molecule has 28 heavy (non-hydrogen) atoms. The smallest absolute Gasteiger partial charge is 0.251 e. The highest BCUT2D eigenvalue weighted by Crippen LogP contribution is 2.14. The van der Waals surface area contributed by atoms with Gasteiger partial charge in [0.25, 0.3) is 5.91 Å². The molecule has 0 saturated carbocycles. The molecule has 7 heteroatoms. The van der Waals surface area contributed by atoms with Gasteiger partial charge in [-0.15, -0.1) is 0 Å². The highest BCUT2D eigenvalue weighted by atomic mass is 16.2. The van der Waals surface area contributed by atoms with E-state index < -0.39 is 6.04 Å². The number of likely N-dealkylation sites (N-methyl/N-ethyl adjacent to an activating group) is 1.